The summed E-state index contributed by atoms with van der Waals surface area (Å²) in [6.45, 7) is 10.6. The highest BCUT2D eigenvalue weighted by molar-refractivity contribution is 7.99. The molecule has 0 aliphatic rings. The van der Waals surface area contributed by atoms with Crippen LogP contribution in [0, 0.1) is 0 Å². The van der Waals surface area contributed by atoms with E-state index in [4.69, 9.17) is 4.74 Å². The average molecular weight is 233 g/mol. The van der Waals surface area contributed by atoms with Gasteiger partial charge in [0.1, 0.15) is 0 Å². The summed E-state index contributed by atoms with van der Waals surface area (Å²) in [5.74, 6) is 1.24. The molecule has 1 atom stereocenters. The van der Waals surface area contributed by atoms with Crippen molar-refractivity contribution < 1.29 is 4.74 Å². The zero-order chi connectivity index (χ0) is 11.4. The Morgan fingerprint density at radius 2 is 2.00 bits per heavy atom. The Morgan fingerprint density at radius 1 is 1.20 bits per heavy atom. The predicted octanol–water partition coefficient (Wildman–Crippen LogP) is 2.92. The Kier molecular flexibility index (Phi) is 12.6. The molecule has 92 valence electrons. The van der Waals surface area contributed by atoms with E-state index in [1.54, 1.807) is 0 Å². The monoisotopic (exact) mass is 233 g/mol. The number of unbranched alkanes of at least 4 members (excludes halogenated alkanes) is 1. The van der Waals surface area contributed by atoms with Crippen molar-refractivity contribution in [2.24, 2.45) is 0 Å². The second-order valence-corrected chi connectivity index (χ2v) is 5.29. The molecule has 0 aromatic rings. The number of nitrogens with one attached hydrogen (secondary N) is 1. The molecular weight excluding hydrogens is 206 g/mol. The van der Waals surface area contributed by atoms with Gasteiger partial charge in [0, 0.05) is 30.8 Å². The van der Waals surface area contributed by atoms with Gasteiger partial charge >= 0.3 is 0 Å². The van der Waals surface area contributed by atoms with Crippen molar-refractivity contribution in [3.8, 4) is 0 Å². The maximum absolute atomic E-state index is 5.28. The molecule has 0 aliphatic carbocycles. The summed E-state index contributed by atoms with van der Waals surface area (Å²) in [6, 6.07) is 0. The highest BCUT2D eigenvalue weighted by atomic mass is 32.2. The van der Waals surface area contributed by atoms with Crippen LogP contribution in [0.4, 0.5) is 0 Å². The fraction of sp³-hybridized carbons (Fsp3) is 1.00. The number of rotatable bonds is 11. The van der Waals surface area contributed by atoms with Crippen LogP contribution in [0.2, 0.25) is 0 Å². The molecule has 0 spiro atoms. The maximum atomic E-state index is 5.28. The largest absolute Gasteiger partial charge is 0.382 e. The van der Waals surface area contributed by atoms with E-state index in [1.165, 1.54) is 25.0 Å². The van der Waals surface area contributed by atoms with Crippen LogP contribution >= 0.6 is 11.8 Å². The fourth-order valence-corrected chi connectivity index (χ4v) is 2.07. The Bertz CT molecular complexity index is 122. The van der Waals surface area contributed by atoms with Gasteiger partial charge in [-0.3, -0.25) is 0 Å². The van der Waals surface area contributed by atoms with Crippen LogP contribution in [0.5, 0.6) is 0 Å². The van der Waals surface area contributed by atoms with Gasteiger partial charge in [0.2, 0.25) is 0 Å². The van der Waals surface area contributed by atoms with Gasteiger partial charge in [-0.2, -0.15) is 11.8 Å². The third-order valence-electron chi connectivity index (χ3n) is 2.35. The molecule has 0 heterocycles. The Balaban J connectivity index is 2.92. The smallest absolute Gasteiger partial charge is 0.0466 e. The van der Waals surface area contributed by atoms with Crippen LogP contribution in [0.15, 0.2) is 0 Å². The molecule has 3 heteroatoms. The molecular formula is C12H27NOS. The van der Waals surface area contributed by atoms with E-state index in [9.17, 15) is 0 Å². The zero-order valence-electron chi connectivity index (χ0n) is 10.6. The van der Waals surface area contributed by atoms with Crippen molar-refractivity contribution in [2.45, 2.75) is 45.3 Å². The number of thioether (sulfide) groups is 1. The van der Waals surface area contributed by atoms with Crippen LogP contribution in [0.1, 0.15) is 40.0 Å². The molecule has 1 unspecified atom stereocenters. The fourth-order valence-electron chi connectivity index (χ4n) is 1.17. The van der Waals surface area contributed by atoms with Crippen LogP contribution in [-0.2, 0) is 4.74 Å². The van der Waals surface area contributed by atoms with E-state index in [2.05, 4.69) is 30.9 Å². The van der Waals surface area contributed by atoms with Crippen molar-refractivity contribution in [1.29, 1.82) is 0 Å². The van der Waals surface area contributed by atoms with Gasteiger partial charge in [-0.25, -0.2) is 0 Å². The summed E-state index contributed by atoms with van der Waals surface area (Å²) in [6.07, 6.45) is 3.69. The number of hydrogen-bond acceptors (Lipinski definition) is 3. The molecule has 0 saturated carbocycles. The quantitative estimate of drug-likeness (QED) is 0.554. The SMILES string of the molecule is CCOCCCCNCCSC(C)CC. The van der Waals surface area contributed by atoms with Crippen molar-refractivity contribution in [3.05, 3.63) is 0 Å². The lowest BCUT2D eigenvalue weighted by atomic mass is 10.3. The van der Waals surface area contributed by atoms with Crippen LogP contribution in [0.3, 0.4) is 0 Å². The van der Waals surface area contributed by atoms with Gasteiger partial charge in [0.15, 0.2) is 0 Å². The summed E-state index contributed by atoms with van der Waals surface area (Å²) < 4.78 is 5.28. The third-order valence-corrected chi connectivity index (χ3v) is 3.69. The number of hydrogen-bond donors (Lipinski definition) is 1. The second-order valence-electron chi connectivity index (χ2n) is 3.74. The van der Waals surface area contributed by atoms with Gasteiger partial charge in [-0.05, 0) is 32.7 Å². The first kappa shape index (κ1) is 15.3. The molecule has 0 fully saturated rings. The van der Waals surface area contributed by atoms with Crippen molar-refractivity contribution in [2.75, 3.05) is 32.1 Å². The van der Waals surface area contributed by atoms with E-state index < -0.39 is 0 Å². The van der Waals surface area contributed by atoms with Crippen LogP contribution in [0.25, 0.3) is 0 Å². The lowest BCUT2D eigenvalue weighted by Crippen LogP contribution is -2.19. The molecule has 0 amide bonds. The van der Waals surface area contributed by atoms with E-state index >= 15 is 0 Å². The summed E-state index contributed by atoms with van der Waals surface area (Å²) in [5.41, 5.74) is 0. The summed E-state index contributed by atoms with van der Waals surface area (Å²) in [7, 11) is 0. The van der Waals surface area contributed by atoms with E-state index in [-0.39, 0.29) is 0 Å². The van der Waals surface area contributed by atoms with E-state index in [0.717, 1.165) is 31.6 Å². The van der Waals surface area contributed by atoms with Gasteiger partial charge in [0.25, 0.3) is 0 Å². The standard InChI is InChI=1S/C12H27NOS/c1-4-12(3)15-11-9-13-8-6-7-10-14-5-2/h12-13H,4-11H2,1-3H3. The summed E-state index contributed by atoms with van der Waals surface area (Å²) in [5, 5.41) is 4.28. The minimum atomic E-state index is 0.810. The van der Waals surface area contributed by atoms with Gasteiger partial charge in [0.05, 0.1) is 0 Å². The van der Waals surface area contributed by atoms with Crippen molar-refractivity contribution >= 4 is 11.8 Å². The van der Waals surface area contributed by atoms with Crippen molar-refractivity contribution in [1.82, 2.24) is 5.32 Å². The van der Waals surface area contributed by atoms with E-state index in [0.29, 0.717) is 0 Å². The van der Waals surface area contributed by atoms with Gasteiger partial charge in [-0.1, -0.05) is 13.8 Å². The van der Waals surface area contributed by atoms with Crippen molar-refractivity contribution in [3.63, 3.8) is 0 Å². The Labute approximate surface area is 99.5 Å². The lowest BCUT2D eigenvalue weighted by molar-refractivity contribution is 0.143. The molecule has 2 nitrogen and oxygen atoms in total. The molecule has 0 aromatic heterocycles. The van der Waals surface area contributed by atoms with Crippen LogP contribution < -0.4 is 5.32 Å². The Morgan fingerprint density at radius 3 is 2.67 bits per heavy atom. The molecule has 0 bridgehead atoms. The minimum absolute atomic E-state index is 0.810. The summed E-state index contributed by atoms with van der Waals surface area (Å²) >= 11 is 2.06. The second kappa shape index (κ2) is 12.3. The lowest BCUT2D eigenvalue weighted by Gasteiger charge is -2.08. The third kappa shape index (κ3) is 12.2. The Hall–Kier alpha value is 0.270. The molecule has 1 N–H and O–H groups in total. The zero-order valence-corrected chi connectivity index (χ0v) is 11.4. The van der Waals surface area contributed by atoms with Gasteiger partial charge < -0.3 is 10.1 Å². The summed E-state index contributed by atoms with van der Waals surface area (Å²) in [4.78, 5) is 0. The minimum Gasteiger partial charge on any atom is -0.382 e. The molecule has 0 saturated heterocycles. The van der Waals surface area contributed by atoms with Crippen LogP contribution in [-0.4, -0.2) is 37.3 Å². The highest BCUT2D eigenvalue weighted by Crippen LogP contribution is 2.11. The van der Waals surface area contributed by atoms with E-state index in [1.807, 2.05) is 6.92 Å². The first-order valence-corrected chi connectivity index (χ1v) is 7.26. The molecule has 0 aliphatic heterocycles. The average Bonchev–Trinajstić information content (AvgIpc) is 2.26. The molecule has 0 radical (unpaired) electrons. The molecule has 0 rings (SSSR count). The topological polar surface area (TPSA) is 21.3 Å². The first-order chi connectivity index (χ1) is 7.31. The van der Waals surface area contributed by atoms with Gasteiger partial charge in [-0.15, -0.1) is 0 Å². The number of ether oxygens (including phenoxy) is 1. The maximum Gasteiger partial charge on any atom is 0.0466 e. The first-order valence-electron chi connectivity index (χ1n) is 6.21. The predicted molar refractivity (Wildman–Crippen MR) is 70.8 cm³/mol. The molecule has 0 aromatic carbocycles. The normalized spacial score (nSPS) is 13.0. The highest BCUT2D eigenvalue weighted by Gasteiger charge is 1.97. The molecule has 15 heavy (non-hydrogen) atoms.